The van der Waals surface area contributed by atoms with Gasteiger partial charge < -0.3 is 10.1 Å². The van der Waals surface area contributed by atoms with Gasteiger partial charge in [-0.3, -0.25) is 4.79 Å². The van der Waals surface area contributed by atoms with Gasteiger partial charge in [0.2, 0.25) is 11.8 Å². The van der Waals surface area contributed by atoms with Gasteiger partial charge in [0, 0.05) is 30.3 Å². The van der Waals surface area contributed by atoms with Crippen LogP contribution in [0.2, 0.25) is 0 Å². The summed E-state index contributed by atoms with van der Waals surface area (Å²) in [6.07, 6.45) is 2.21. The van der Waals surface area contributed by atoms with Gasteiger partial charge in [-0.25, -0.2) is 4.98 Å². The standard InChI is InChI=1S/C25H21N3O2.3C2H6/c29-22(16-19-10-4-1-5-11-19)17-20-18-26-25(27-21-12-6-2-7-13-21)28-24(20)30-23-14-8-3-9-15-23;3*1-2/h1-15,18H,16-17H2,(H,26,27,28);3*1-2H3. The second-order valence-corrected chi connectivity index (χ2v) is 6.81. The van der Waals surface area contributed by atoms with Crippen LogP contribution in [0.4, 0.5) is 11.6 Å². The summed E-state index contributed by atoms with van der Waals surface area (Å²) in [6.45, 7) is 12.0. The summed E-state index contributed by atoms with van der Waals surface area (Å²) in [5.41, 5.74) is 2.51. The second-order valence-electron chi connectivity index (χ2n) is 6.81. The third-order valence-electron chi connectivity index (χ3n) is 4.44. The molecule has 1 N–H and O–H groups in total. The molecule has 0 atom stereocenters. The van der Waals surface area contributed by atoms with Crippen molar-refractivity contribution in [3.05, 3.63) is 108 Å². The van der Waals surface area contributed by atoms with Crippen molar-refractivity contribution in [3.8, 4) is 11.6 Å². The highest BCUT2D eigenvalue weighted by molar-refractivity contribution is 5.83. The lowest BCUT2D eigenvalue weighted by Gasteiger charge is -2.12. The van der Waals surface area contributed by atoms with E-state index in [1.165, 1.54) is 0 Å². The van der Waals surface area contributed by atoms with E-state index in [2.05, 4.69) is 15.3 Å². The highest BCUT2D eigenvalue weighted by atomic mass is 16.5. The molecule has 0 amide bonds. The number of aromatic nitrogens is 2. The third-order valence-corrected chi connectivity index (χ3v) is 4.44. The Morgan fingerprint density at radius 2 is 1.25 bits per heavy atom. The maximum absolute atomic E-state index is 12.6. The Morgan fingerprint density at radius 3 is 1.83 bits per heavy atom. The molecule has 36 heavy (non-hydrogen) atoms. The molecule has 0 saturated heterocycles. The summed E-state index contributed by atoms with van der Waals surface area (Å²) >= 11 is 0. The minimum Gasteiger partial charge on any atom is -0.439 e. The molecule has 1 aromatic heterocycles. The summed E-state index contributed by atoms with van der Waals surface area (Å²) in [4.78, 5) is 21.5. The summed E-state index contributed by atoms with van der Waals surface area (Å²) < 4.78 is 6.00. The van der Waals surface area contributed by atoms with E-state index in [0.29, 0.717) is 29.6 Å². The lowest BCUT2D eigenvalue weighted by Crippen LogP contribution is -2.09. The molecule has 0 aliphatic carbocycles. The molecule has 5 heteroatoms. The maximum atomic E-state index is 12.6. The number of nitrogens with zero attached hydrogens (tertiary/aromatic N) is 2. The minimum absolute atomic E-state index is 0.0754. The lowest BCUT2D eigenvalue weighted by molar-refractivity contribution is -0.117. The number of carbonyl (C=O) groups excluding carboxylic acids is 1. The first-order valence-electron chi connectivity index (χ1n) is 12.7. The van der Waals surface area contributed by atoms with Crippen molar-refractivity contribution >= 4 is 17.4 Å². The van der Waals surface area contributed by atoms with Gasteiger partial charge in [0.05, 0.1) is 0 Å². The van der Waals surface area contributed by atoms with Gasteiger partial charge in [0.25, 0.3) is 0 Å². The Balaban J connectivity index is 0.00000101. The molecule has 0 aliphatic heterocycles. The van der Waals surface area contributed by atoms with Crippen LogP contribution in [0.1, 0.15) is 52.7 Å². The number of para-hydroxylation sites is 2. The van der Waals surface area contributed by atoms with E-state index in [0.717, 1.165) is 11.3 Å². The van der Waals surface area contributed by atoms with E-state index in [1.807, 2.05) is 133 Å². The van der Waals surface area contributed by atoms with Crippen LogP contribution < -0.4 is 10.1 Å². The van der Waals surface area contributed by atoms with E-state index in [4.69, 9.17) is 4.74 Å². The smallest absolute Gasteiger partial charge is 0.230 e. The van der Waals surface area contributed by atoms with Crippen LogP contribution in [0.25, 0.3) is 0 Å². The zero-order valence-electron chi connectivity index (χ0n) is 22.4. The summed E-state index contributed by atoms with van der Waals surface area (Å²) in [5, 5.41) is 3.16. The zero-order valence-corrected chi connectivity index (χ0v) is 22.4. The number of benzene rings is 3. The zero-order chi connectivity index (χ0) is 26.6. The monoisotopic (exact) mass is 485 g/mol. The predicted molar refractivity (Wildman–Crippen MR) is 151 cm³/mol. The van der Waals surface area contributed by atoms with Crippen LogP contribution >= 0.6 is 0 Å². The summed E-state index contributed by atoms with van der Waals surface area (Å²) in [5.74, 6) is 1.51. The van der Waals surface area contributed by atoms with Gasteiger partial charge in [-0.15, -0.1) is 0 Å². The van der Waals surface area contributed by atoms with Crippen molar-refractivity contribution in [1.29, 1.82) is 0 Å². The fourth-order valence-corrected chi connectivity index (χ4v) is 3.01. The third kappa shape index (κ3) is 10.5. The highest BCUT2D eigenvalue weighted by Gasteiger charge is 2.14. The number of anilines is 2. The number of ether oxygens (including phenoxy) is 1. The molecular formula is C31H39N3O2. The fourth-order valence-electron chi connectivity index (χ4n) is 3.01. The molecule has 5 nitrogen and oxygen atoms in total. The van der Waals surface area contributed by atoms with Crippen LogP contribution in [0.15, 0.2) is 97.2 Å². The van der Waals surface area contributed by atoms with Crippen molar-refractivity contribution in [2.24, 2.45) is 0 Å². The first-order chi connectivity index (χ1) is 17.8. The molecule has 0 saturated carbocycles. The minimum atomic E-state index is 0.0754. The Kier molecular flexibility index (Phi) is 15.3. The molecule has 0 bridgehead atoms. The Bertz CT molecular complexity index is 1100. The van der Waals surface area contributed by atoms with Crippen LogP contribution in [0.3, 0.4) is 0 Å². The number of Topliss-reactive ketones (excluding diaryl/α,β-unsaturated/α-hetero) is 1. The van der Waals surface area contributed by atoms with Crippen LogP contribution in [-0.2, 0) is 17.6 Å². The van der Waals surface area contributed by atoms with E-state index in [1.54, 1.807) is 6.20 Å². The number of carbonyl (C=O) groups is 1. The highest BCUT2D eigenvalue weighted by Crippen LogP contribution is 2.25. The Morgan fingerprint density at radius 1 is 0.722 bits per heavy atom. The topological polar surface area (TPSA) is 64.1 Å². The molecule has 3 aromatic carbocycles. The quantitative estimate of drug-likeness (QED) is 0.271. The normalized spacial score (nSPS) is 9.17. The van der Waals surface area contributed by atoms with Crippen molar-refractivity contribution in [2.45, 2.75) is 54.4 Å². The molecule has 0 aliphatic rings. The van der Waals surface area contributed by atoms with Crippen molar-refractivity contribution in [3.63, 3.8) is 0 Å². The molecule has 1 heterocycles. The number of hydrogen-bond donors (Lipinski definition) is 1. The van der Waals surface area contributed by atoms with Crippen LogP contribution in [0, 0.1) is 0 Å². The molecule has 0 fully saturated rings. The van der Waals surface area contributed by atoms with Crippen molar-refractivity contribution in [2.75, 3.05) is 5.32 Å². The number of ketones is 1. The first kappa shape index (κ1) is 30.0. The maximum Gasteiger partial charge on any atom is 0.230 e. The van der Waals surface area contributed by atoms with Crippen molar-refractivity contribution < 1.29 is 9.53 Å². The number of hydrogen-bond acceptors (Lipinski definition) is 5. The van der Waals surface area contributed by atoms with E-state index in [9.17, 15) is 4.79 Å². The average Bonchev–Trinajstić information content (AvgIpc) is 2.95. The first-order valence-corrected chi connectivity index (χ1v) is 12.7. The molecular weight excluding hydrogens is 446 g/mol. The molecule has 190 valence electrons. The van der Waals surface area contributed by atoms with Crippen LogP contribution in [-0.4, -0.2) is 15.8 Å². The van der Waals surface area contributed by atoms with Gasteiger partial charge in [-0.2, -0.15) is 4.98 Å². The predicted octanol–water partition coefficient (Wildman–Crippen LogP) is 8.45. The van der Waals surface area contributed by atoms with E-state index in [-0.39, 0.29) is 12.2 Å². The summed E-state index contributed by atoms with van der Waals surface area (Å²) in [7, 11) is 0. The van der Waals surface area contributed by atoms with E-state index >= 15 is 0 Å². The Hall–Kier alpha value is -3.99. The largest absolute Gasteiger partial charge is 0.439 e. The molecule has 0 unspecified atom stereocenters. The van der Waals surface area contributed by atoms with Crippen LogP contribution in [0.5, 0.6) is 11.6 Å². The number of rotatable bonds is 8. The number of nitrogens with one attached hydrogen (secondary N) is 1. The van der Waals surface area contributed by atoms with Gasteiger partial charge >= 0.3 is 0 Å². The molecule has 4 rings (SSSR count). The Labute approximate surface area is 216 Å². The van der Waals surface area contributed by atoms with E-state index < -0.39 is 0 Å². The van der Waals surface area contributed by atoms with Crippen molar-refractivity contribution in [1.82, 2.24) is 9.97 Å². The summed E-state index contributed by atoms with van der Waals surface area (Å²) in [6, 6.07) is 28.7. The molecule has 4 aromatic rings. The molecule has 0 radical (unpaired) electrons. The average molecular weight is 486 g/mol. The second kappa shape index (κ2) is 18.4. The molecule has 0 spiro atoms. The lowest BCUT2D eigenvalue weighted by atomic mass is 10.0. The van der Waals surface area contributed by atoms with Gasteiger partial charge in [0.1, 0.15) is 11.5 Å². The van der Waals surface area contributed by atoms with Gasteiger partial charge in [0.15, 0.2) is 0 Å². The van der Waals surface area contributed by atoms with Gasteiger partial charge in [-0.1, -0.05) is 108 Å². The fraction of sp³-hybridized carbons (Fsp3) is 0.258. The SMILES string of the molecule is CC.CC.CC.O=C(Cc1ccccc1)Cc1cnc(Nc2ccccc2)nc1Oc1ccccc1. The van der Waals surface area contributed by atoms with Gasteiger partial charge in [-0.05, 0) is 29.8 Å².